The van der Waals surface area contributed by atoms with Gasteiger partial charge in [-0.25, -0.2) is 0 Å². The van der Waals surface area contributed by atoms with Crippen LogP contribution in [-0.4, -0.2) is 12.6 Å². The predicted molar refractivity (Wildman–Crippen MR) is 119 cm³/mol. The molecule has 0 radical (unpaired) electrons. The monoisotopic (exact) mass is 382 g/mol. The molecule has 0 aliphatic heterocycles. The summed E-state index contributed by atoms with van der Waals surface area (Å²) in [5, 5.41) is 0. The minimum atomic E-state index is 0.0613. The minimum Gasteiger partial charge on any atom is -0.465 e. The molecule has 0 N–H and O–H groups in total. The Labute approximate surface area is 171 Å². The van der Waals surface area contributed by atoms with E-state index >= 15 is 0 Å². The maximum Gasteiger partial charge on any atom is 0.309 e. The average molecular weight is 383 g/mol. The summed E-state index contributed by atoms with van der Waals surface area (Å²) < 4.78 is 5.70. The van der Waals surface area contributed by atoms with Crippen molar-refractivity contribution in [1.82, 2.24) is 0 Å². The van der Waals surface area contributed by atoms with Crippen molar-refractivity contribution >= 4 is 5.97 Å². The van der Waals surface area contributed by atoms with Crippen LogP contribution in [0.5, 0.6) is 0 Å². The normalized spacial score (nSPS) is 14.1. The zero-order valence-electron chi connectivity index (χ0n) is 19.6. The second-order valence-electron chi connectivity index (χ2n) is 9.84. The molecule has 0 rings (SSSR count). The van der Waals surface area contributed by atoms with Gasteiger partial charge in [0.25, 0.3) is 0 Å². The molecule has 0 aromatic rings. The van der Waals surface area contributed by atoms with Crippen LogP contribution in [0.1, 0.15) is 131 Å². The third-order valence-corrected chi connectivity index (χ3v) is 5.53. The Balaban J connectivity index is 4.17. The summed E-state index contributed by atoms with van der Waals surface area (Å²) in [4.78, 5) is 12.7. The summed E-state index contributed by atoms with van der Waals surface area (Å²) in [6, 6.07) is 0. The second-order valence-corrected chi connectivity index (χ2v) is 9.84. The SMILES string of the molecule is CCCCCCCCCCOC(=O)C(CCCCCC)C(C)CC(C)(C)C. The highest BCUT2D eigenvalue weighted by Crippen LogP contribution is 2.32. The molecule has 0 aromatic heterocycles. The van der Waals surface area contributed by atoms with Gasteiger partial charge >= 0.3 is 5.97 Å². The molecular formula is C25H50O2. The van der Waals surface area contributed by atoms with Gasteiger partial charge in [0, 0.05) is 0 Å². The number of rotatable bonds is 17. The number of carbonyl (C=O) groups is 1. The molecule has 2 atom stereocenters. The molecule has 0 heterocycles. The Morgan fingerprint density at radius 3 is 1.78 bits per heavy atom. The van der Waals surface area contributed by atoms with Gasteiger partial charge in [0.15, 0.2) is 0 Å². The van der Waals surface area contributed by atoms with E-state index in [1.807, 2.05) is 0 Å². The Hall–Kier alpha value is -0.530. The fraction of sp³-hybridized carbons (Fsp3) is 0.960. The fourth-order valence-electron chi connectivity index (χ4n) is 4.05. The van der Waals surface area contributed by atoms with E-state index < -0.39 is 0 Å². The number of carbonyl (C=O) groups excluding carboxylic acids is 1. The van der Waals surface area contributed by atoms with Crippen LogP contribution in [0.2, 0.25) is 0 Å². The molecule has 0 aliphatic rings. The molecule has 2 unspecified atom stereocenters. The first kappa shape index (κ1) is 26.5. The lowest BCUT2D eigenvalue weighted by molar-refractivity contribution is -0.151. The van der Waals surface area contributed by atoms with E-state index in [0.29, 0.717) is 12.5 Å². The van der Waals surface area contributed by atoms with Gasteiger partial charge in [-0.15, -0.1) is 0 Å². The van der Waals surface area contributed by atoms with E-state index in [9.17, 15) is 4.79 Å². The largest absolute Gasteiger partial charge is 0.465 e. The van der Waals surface area contributed by atoms with Crippen molar-refractivity contribution in [3.8, 4) is 0 Å². The van der Waals surface area contributed by atoms with Crippen LogP contribution in [0.15, 0.2) is 0 Å². The molecule has 0 bridgehead atoms. The van der Waals surface area contributed by atoms with Crippen molar-refractivity contribution in [3.05, 3.63) is 0 Å². The minimum absolute atomic E-state index is 0.0613. The van der Waals surface area contributed by atoms with Gasteiger partial charge in [-0.05, 0) is 30.6 Å². The highest BCUT2D eigenvalue weighted by Gasteiger charge is 2.29. The Morgan fingerprint density at radius 2 is 1.26 bits per heavy atom. The van der Waals surface area contributed by atoms with Gasteiger partial charge in [-0.1, -0.05) is 112 Å². The van der Waals surface area contributed by atoms with Crippen molar-refractivity contribution in [2.24, 2.45) is 17.3 Å². The van der Waals surface area contributed by atoms with E-state index in [0.717, 1.165) is 25.7 Å². The average Bonchev–Trinajstić information content (AvgIpc) is 2.58. The van der Waals surface area contributed by atoms with Crippen molar-refractivity contribution < 1.29 is 9.53 Å². The van der Waals surface area contributed by atoms with Gasteiger partial charge in [0.05, 0.1) is 12.5 Å². The molecule has 0 fully saturated rings. The molecule has 0 saturated carbocycles. The summed E-state index contributed by atoms with van der Waals surface area (Å²) in [7, 11) is 0. The molecule has 0 amide bonds. The maximum absolute atomic E-state index is 12.7. The first-order valence-electron chi connectivity index (χ1n) is 12.0. The van der Waals surface area contributed by atoms with E-state index in [1.54, 1.807) is 0 Å². The molecule has 0 aromatic carbocycles. The van der Waals surface area contributed by atoms with Crippen molar-refractivity contribution in [2.45, 2.75) is 131 Å². The van der Waals surface area contributed by atoms with E-state index in [4.69, 9.17) is 4.74 Å². The summed E-state index contributed by atoms with van der Waals surface area (Å²) in [5.74, 6) is 0.541. The van der Waals surface area contributed by atoms with Crippen LogP contribution in [0.4, 0.5) is 0 Å². The zero-order valence-corrected chi connectivity index (χ0v) is 19.6. The third-order valence-electron chi connectivity index (χ3n) is 5.53. The number of unbranched alkanes of at least 4 members (excludes halogenated alkanes) is 10. The maximum atomic E-state index is 12.7. The van der Waals surface area contributed by atoms with E-state index in [-0.39, 0.29) is 17.3 Å². The molecular weight excluding hydrogens is 332 g/mol. The molecule has 2 nitrogen and oxygen atoms in total. The number of hydrogen-bond donors (Lipinski definition) is 0. The van der Waals surface area contributed by atoms with Crippen molar-refractivity contribution in [3.63, 3.8) is 0 Å². The highest BCUT2D eigenvalue weighted by atomic mass is 16.5. The van der Waals surface area contributed by atoms with Gasteiger partial charge in [0.1, 0.15) is 0 Å². The number of esters is 1. The van der Waals surface area contributed by atoms with Crippen LogP contribution >= 0.6 is 0 Å². The number of hydrogen-bond acceptors (Lipinski definition) is 2. The summed E-state index contributed by atoms with van der Waals surface area (Å²) in [5.41, 5.74) is 0.263. The van der Waals surface area contributed by atoms with Gasteiger partial charge in [0.2, 0.25) is 0 Å². The van der Waals surface area contributed by atoms with Crippen molar-refractivity contribution in [2.75, 3.05) is 6.61 Å². The zero-order chi connectivity index (χ0) is 20.5. The lowest BCUT2D eigenvalue weighted by Crippen LogP contribution is -2.27. The summed E-state index contributed by atoms with van der Waals surface area (Å²) >= 11 is 0. The summed E-state index contributed by atoms with van der Waals surface area (Å²) in [6.45, 7) is 14.1. The van der Waals surface area contributed by atoms with Gasteiger partial charge < -0.3 is 4.74 Å². The first-order chi connectivity index (χ1) is 12.8. The number of ether oxygens (including phenoxy) is 1. The van der Waals surface area contributed by atoms with Crippen LogP contribution in [0, 0.1) is 17.3 Å². The molecule has 0 spiro atoms. The molecule has 0 saturated heterocycles. The second kappa shape index (κ2) is 16.4. The summed E-state index contributed by atoms with van der Waals surface area (Å²) in [6.07, 6.45) is 17.2. The van der Waals surface area contributed by atoms with Gasteiger partial charge in [-0.3, -0.25) is 4.79 Å². The molecule has 0 aliphatic carbocycles. The van der Waals surface area contributed by atoms with Crippen LogP contribution in [0.25, 0.3) is 0 Å². The molecule has 162 valence electrons. The van der Waals surface area contributed by atoms with Crippen LogP contribution in [-0.2, 0) is 9.53 Å². The standard InChI is InChI=1S/C25H50O2/c1-7-9-11-13-14-15-16-18-20-27-24(26)23(19-17-12-10-8-2)22(3)21-25(4,5)6/h22-23H,7-21H2,1-6H3. The quantitative estimate of drug-likeness (QED) is 0.187. The van der Waals surface area contributed by atoms with E-state index in [1.165, 1.54) is 64.2 Å². The lowest BCUT2D eigenvalue weighted by Gasteiger charge is -2.28. The van der Waals surface area contributed by atoms with Crippen LogP contribution in [0.3, 0.4) is 0 Å². The Bertz CT molecular complexity index is 343. The predicted octanol–water partition coefficient (Wildman–Crippen LogP) is 8.33. The fourth-order valence-corrected chi connectivity index (χ4v) is 4.05. The molecule has 27 heavy (non-hydrogen) atoms. The van der Waals surface area contributed by atoms with Crippen molar-refractivity contribution in [1.29, 1.82) is 0 Å². The Morgan fingerprint density at radius 1 is 0.778 bits per heavy atom. The third kappa shape index (κ3) is 16.2. The first-order valence-corrected chi connectivity index (χ1v) is 12.0. The highest BCUT2D eigenvalue weighted by molar-refractivity contribution is 5.72. The smallest absolute Gasteiger partial charge is 0.309 e. The Kier molecular flexibility index (Phi) is 16.1. The van der Waals surface area contributed by atoms with E-state index in [2.05, 4.69) is 41.5 Å². The van der Waals surface area contributed by atoms with Gasteiger partial charge in [-0.2, -0.15) is 0 Å². The topological polar surface area (TPSA) is 26.3 Å². The van der Waals surface area contributed by atoms with Crippen LogP contribution < -0.4 is 0 Å². The lowest BCUT2D eigenvalue weighted by atomic mass is 9.78. The molecule has 2 heteroatoms.